The standard InChI is InChI=1S/C16H21N3O3/c1-10-3-6-19-14(7-10)17-11(2)15(19)16(22)18-5-4-12(9-20)13(21)8-18/h3,6-7,12-13,20-21H,4-5,8-9H2,1-2H3/t12-,13-/m1/s1. The van der Waals surface area contributed by atoms with Gasteiger partial charge >= 0.3 is 0 Å². The summed E-state index contributed by atoms with van der Waals surface area (Å²) in [5.41, 5.74) is 3.08. The third-order valence-electron chi connectivity index (χ3n) is 4.40. The van der Waals surface area contributed by atoms with Gasteiger partial charge in [-0.3, -0.25) is 9.20 Å². The zero-order valence-corrected chi connectivity index (χ0v) is 12.9. The molecule has 6 heteroatoms. The number of carbonyl (C=O) groups excluding carboxylic acids is 1. The van der Waals surface area contributed by atoms with E-state index in [-0.39, 0.29) is 25.0 Å². The van der Waals surface area contributed by atoms with Crippen LogP contribution < -0.4 is 0 Å². The number of pyridine rings is 1. The van der Waals surface area contributed by atoms with Gasteiger partial charge in [-0.1, -0.05) is 0 Å². The summed E-state index contributed by atoms with van der Waals surface area (Å²) in [6, 6.07) is 3.88. The molecule has 0 radical (unpaired) electrons. The Bertz CT molecular complexity index is 710. The maximum atomic E-state index is 12.8. The van der Waals surface area contributed by atoms with Crippen LogP contribution in [0.25, 0.3) is 5.65 Å². The number of carbonyl (C=O) groups is 1. The van der Waals surface area contributed by atoms with Crippen molar-refractivity contribution in [3.63, 3.8) is 0 Å². The van der Waals surface area contributed by atoms with Gasteiger partial charge in [0.25, 0.3) is 5.91 Å². The molecule has 0 bridgehead atoms. The first-order valence-corrected chi connectivity index (χ1v) is 7.54. The van der Waals surface area contributed by atoms with Crippen molar-refractivity contribution >= 4 is 11.6 Å². The molecule has 2 aromatic heterocycles. The number of imidazole rings is 1. The SMILES string of the molecule is Cc1ccn2c(C(=O)N3CC[C@H](CO)[C@H](O)C3)c(C)nc2c1. The normalized spacial score (nSPS) is 22.3. The van der Waals surface area contributed by atoms with Crippen LogP contribution >= 0.6 is 0 Å². The summed E-state index contributed by atoms with van der Waals surface area (Å²) in [6.45, 7) is 4.56. The first kappa shape index (κ1) is 15.0. The minimum absolute atomic E-state index is 0.0445. The lowest BCUT2D eigenvalue weighted by Gasteiger charge is -2.35. The number of aryl methyl sites for hydroxylation is 2. The van der Waals surface area contributed by atoms with E-state index >= 15 is 0 Å². The number of piperidine rings is 1. The lowest BCUT2D eigenvalue weighted by Crippen LogP contribution is -2.47. The molecule has 0 aromatic carbocycles. The molecule has 0 saturated carbocycles. The molecule has 1 aliphatic heterocycles. The van der Waals surface area contributed by atoms with E-state index < -0.39 is 6.10 Å². The van der Waals surface area contributed by atoms with Crippen molar-refractivity contribution in [2.24, 2.45) is 5.92 Å². The first-order valence-electron chi connectivity index (χ1n) is 7.54. The first-order chi connectivity index (χ1) is 10.5. The Morgan fingerprint density at radius 1 is 1.45 bits per heavy atom. The quantitative estimate of drug-likeness (QED) is 0.859. The second kappa shape index (κ2) is 5.70. The lowest BCUT2D eigenvalue weighted by molar-refractivity contribution is 0.000582. The minimum Gasteiger partial charge on any atom is -0.396 e. The Morgan fingerprint density at radius 2 is 2.23 bits per heavy atom. The number of aliphatic hydroxyl groups is 2. The highest BCUT2D eigenvalue weighted by Crippen LogP contribution is 2.21. The van der Waals surface area contributed by atoms with Crippen molar-refractivity contribution in [1.29, 1.82) is 0 Å². The zero-order valence-electron chi connectivity index (χ0n) is 12.9. The highest BCUT2D eigenvalue weighted by Gasteiger charge is 2.31. The second-order valence-electron chi connectivity index (χ2n) is 6.03. The van der Waals surface area contributed by atoms with E-state index in [1.807, 2.05) is 32.2 Å². The third kappa shape index (κ3) is 2.48. The molecule has 2 aromatic rings. The van der Waals surface area contributed by atoms with Crippen LogP contribution in [0.15, 0.2) is 18.3 Å². The van der Waals surface area contributed by atoms with Gasteiger partial charge in [0, 0.05) is 31.8 Å². The highest BCUT2D eigenvalue weighted by molar-refractivity contribution is 5.94. The zero-order chi connectivity index (χ0) is 15.9. The third-order valence-corrected chi connectivity index (χ3v) is 4.40. The van der Waals surface area contributed by atoms with Gasteiger partial charge in [0.2, 0.25) is 0 Å². The molecule has 3 rings (SSSR count). The maximum absolute atomic E-state index is 12.8. The number of aromatic nitrogens is 2. The average Bonchev–Trinajstić information content (AvgIpc) is 2.81. The molecule has 22 heavy (non-hydrogen) atoms. The van der Waals surface area contributed by atoms with Gasteiger partial charge in [0.15, 0.2) is 0 Å². The van der Waals surface area contributed by atoms with Crippen LogP contribution in [-0.2, 0) is 0 Å². The molecule has 2 atom stereocenters. The van der Waals surface area contributed by atoms with Gasteiger partial charge in [0.05, 0.1) is 11.8 Å². The van der Waals surface area contributed by atoms with Crippen LogP contribution in [0, 0.1) is 19.8 Å². The number of hydrogen-bond acceptors (Lipinski definition) is 4. The number of rotatable bonds is 2. The molecule has 0 spiro atoms. The summed E-state index contributed by atoms with van der Waals surface area (Å²) in [6.07, 6.45) is 1.79. The van der Waals surface area contributed by atoms with E-state index in [1.165, 1.54) is 0 Å². The predicted molar refractivity (Wildman–Crippen MR) is 81.8 cm³/mol. The molecular weight excluding hydrogens is 282 g/mol. The van der Waals surface area contributed by atoms with Crippen molar-refractivity contribution in [2.75, 3.05) is 19.7 Å². The fraction of sp³-hybridized carbons (Fsp3) is 0.500. The number of β-amino-alcohol motifs (C(OH)–C–C–N with tert-alkyl or cyclic N) is 1. The van der Waals surface area contributed by atoms with E-state index in [2.05, 4.69) is 4.98 Å². The summed E-state index contributed by atoms with van der Waals surface area (Å²) in [5, 5.41) is 19.2. The number of aliphatic hydroxyl groups excluding tert-OH is 2. The Hall–Kier alpha value is -1.92. The number of fused-ring (bicyclic) bond motifs is 1. The van der Waals surface area contributed by atoms with Gasteiger partial charge in [-0.15, -0.1) is 0 Å². The molecule has 3 heterocycles. The van der Waals surface area contributed by atoms with Crippen LogP contribution in [0.5, 0.6) is 0 Å². The number of hydrogen-bond donors (Lipinski definition) is 2. The monoisotopic (exact) mass is 303 g/mol. The Morgan fingerprint density at radius 3 is 2.91 bits per heavy atom. The summed E-state index contributed by atoms with van der Waals surface area (Å²) >= 11 is 0. The van der Waals surface area contributed by atoms with Gasteiger partial charge in [0.1, 0.15) is 11.3 Å². The topological polar surface area (TPSA) is 78.1 Å². The van der Waals surface area contributed by atoms with Crippen molar-refractivity contribution in [3.05, 3.63) is 35.3 Å². The number of likely N-dealkylation sites (tertiary alicyclic amines) is 1. The van der Waals surface area contributed by atoms with Crippen LogP contribution in [0.3, 0.4) is 0 Å². The molecule has 118 valence electrons. The van der Waals surface area contributed by atoms with Gasteiger partial charge in [-0.25, -0.2) is 4.98 Å². The summed E-state index contributed by atoms with van der Waals surface area (Å²) < 4.78 is 1.80. The van der Waals surface area contributed by atoms with Gasteiger partial charge in [-0.05, 0) is 38.0 Å². The second-order valence-corrected chi connectivity index (χ2v) is 6.03. The smallest absolute Gasteiger partial charge is 0.272 e. The van der Waals surface area contributed by atoms with E-state index in [0.717, 1.165) is 11.2 Å². The van der Waals surface area contributed by atoms with Crippen molar-refractivity contribution < 1.29 is 15.0 Å². The van der Waals surface area contributed by atoms with E-state index in [1.54, 1.807) is 9.30 Å². The Kier molecular flexibility index (Phi) is 3.88. The van der Waals surface area contributed by atoms with Crippen LogP contribution in [-0.4, -0.2) is 56.2 Å². The van der Waals surface area contributed by atoms with Crippen molar-refractivity contribution in [2.45, 2.75) is 26.4 Å². The van der Waals surface area contributed by atoms with Crippen molar-refractivity contribution in [3.8, 4) is 0 Å². The summed E-state index contributed by atoms with van der Waals surface area (Å²) in [7, 11) is 0. The fourth-order valence-corrected chi connectivity index (χ4v) is 3.05. The van der Waals surface area contributed by atoms with Gasteiger partial charge < -0.3 is 15.1 Å². The molecule has 0 unspecified atom stereocenters. The van der Waals surface area contributed by atoms with E-state index in [4.69, 9.17) is 0 Å². The maximum Gasteiger partial charge on any atom is 0.272 e. The Labute approximate surface area is 129 Å². The fourth-order valence-electron chi connectivity index (χ4n) is 3.05. The molecule has 1 fully saturated rings. The molecule has 1 aliphatic rings. The van der Waals surface area contributed by atoms with Crippen molar-refractivity contribution in [1.82, 2.24) is 14.3 Å². The molecule has 6 nitrogen and oxygen atoms in total. The molecule has 1 saturated heterocycles. The molecule has 2 N–H and O–H groups in total. The summed E-state index contributed by atoms with van der Waals surface area (Å²) in [4.78, 5) is 18.9. The predicted octanol–water partition coefficient (Wildman–Crippen LogP) is 0.766. The summed E-state index contributed by atoms with van der Waals surface area (Å²) in [5.74, 6) is -0.265. The average molecular weight is 303 g/mol. The highest BCUT2D eigenvalue weighted by atomic mass is 16.3. The van der Waals surface area contributed by atoms with Gasteiger partial charge in [-0.2, -0.15) is 0 Å². The molecule has 0 aliphatic carbocycles. The lowest BCUT2D eigenvalue weighted by atomic mass is 9.94. The van der Waals surface area contributed by atoms with Crippen LogP contribution in [0.1, 0.15) is 28.2 Å². The molecule has 1 amide bonds. The molecular formula is C16H21N3O3. The largest absolute Gasteiger partial charge is 0.396 e. The Balaban J connectivity index is 1.91. The van der Waals surface area contributed by atoms with E-state index in [9.17, 15) is 15.0 Å². The minimum atomic E-state index is -0.676. The van der Waals surface area contributed by atoms with Crippen LogP contribution in [0.2, 0.25) is 0 Å². The van der Waals surface area contributed by atoms with E-state index in [0.29, 0.717) is 24.4 Å². The van der Waals surface area contributed by atoms with Crippen LogP contribution in [0.4, 0.5) is 0 Å². The number of amides is 1. The number of nitrogens with zero attached hydrogens (tertiary/aromatic N) is 3.